The molecule has 2 heterocycles. The number of aromatic nitrogens is 1. The number of hydrogen-bond acceptors (Lipinski definition) is 4. The van der Waals surface area contributed by atoms with Gasteiger partial charge in [0.15, 0.2) is 0 Å². The van der Waals surface area contributed by atoms with Gasteiger partial charge in [0.25, 0.3) is 0 Å². The van der Waals surface area contributed by atoms with E-state index in [1.165, 1.54) is 0 Å². The van der Waals surface area contributed by atoms with Gasteiger partial charge in [-0.25, -0.2) is 4.98 Å². The SMILES string of the molecule is CCNc1cccc(CN2CCOCC2C)n1. The average Bonchev–Trinajstić information content (AvgIpc) is 2.33. The fourth-order valence-corrected chi connectivity index (χ4v) is 2.05. The molecule has 1 fully saturated rings. The van der Waals surface area contributed by atoms with Crippen LogP contribution in [0.5, 0.6) is 0 Å². The zero-order valence-electron chi connectivity index (χ0n) is 10.6. The molecular weight excluding hydrogens is 214 g/mol. The van der Waals surface area contributed by atoms with Gasteiger partial charge in [0.2, 0.25) is 0 Å². The highest BCUT2D eigenvalue weighted by atomic mass is 16.5. The second kappa shape index (κ2) is 5.98. The molecule has 4 heteroatoms. The molecule has 1 aliphatic rings. The number of anilines is 1. The summed E-state index contributed by atoms with van der Waals surface area (Å²) in [5.41, 5.74) is 1.12. The minimum absolute atomic E-state index is 0.480. The number of nitrogens with zero attached hydrogens (tertiary/aromatic N) is 2. The van der Waals surface area contributed by atoms with E-state index < -0.39 is 0 Å². The minimum atomic E-state index is 0.480. The van der Waals surface area contributed by atoms with E-state index in [-0.39, 0.29) is 0 Å². The van der Waals surface area contributed by atoms with Gasteiger partial charge in [0.1, 0.15) is 5.82 Å². The Kier molecular flexibility index (Phi) is 4.34. The summed E-state index contributed by atoms with van der Waals surface area (Å²) in [6.45, 7) is 8.75. The monoisotopic (exact) mass is 235 g/mol. The summed E-state index contributed by atoms with van der Waals surface area (Å²) < 4.78 is 5.44. The van der Waals surface area contributed by atoms with Gasteiger partial charge in [-0.3, -0.25) is 4.90 Å². The highest BCUT2D eigenvalue weighted by Crippen LogP contribution is 2.12. The molecule has 1 saturated heterocycles. The van der Waals surface area contributed by atoms with E-state index in [4.69, 9.17) is 4.74 Å². The van der Waals surface area contributed by atoms with Crippen molar-refractivity contribution >= 4 is 5.82 Å². The van der Waals surface area contributed by atoms with E-state index in [1.807, 2.05) is 6.07 Å². The van der Waals surface area contributed by atoms with Gasteiger partial charge in [0, 0.05) is 25.7 Å². The first kappa shape index (κ1) is 12.3. The number of ether oxygens (including phenoxy) is 1. The third kappa shape index (κ3) is 3.41. The lowest BCUT2D eigenvalue weighted by Gasteiger charge is -2.32. The van der Waals surface area contributed by atoms with Crippen LogP contribution < -0.4 is 5.32 Å². The van der Waals surface area contributed by atoms with Crippen LogP contribution in [0.3, 0.4) is 0 Å². The second-order valence-corrected chi connectivity index (χ2v) is 4.44. The molecule has 0 aromatic carbocycles. The van der Waals surface area contributed by atoms with E-state index in [2.05, 4.69) is 41.2 Å². The van der Waals surface area contributed by atoms with Crippen LogP contribution in [0.4, 0.5) is 5.82 Å². The third-order valence-electron chi connectivity index (χ3n) is 3.03. The van der Waals surface area contributed by atoms with Crippen molar-refractivity contribution in [1.29, 1.82) is 0 Å². The van der Waals surface area contributed by atoms with E-state index in [9.17, 15) is 0 Å². The van der Waals surface area contributed by atoms with Crippen LogP contribution in [-0.2, 0) is 11.3 Å². The topological polar surface area (TPSA) is 37.4 Å². The molecule has 0 amide bonds. The standard InChI is InChI=1S/C13H21N3O/c1-3-14-13-6-4-5-12(15-13)9-16-7-8-17-10-11(16)2/h4-6,11H,3,7-10H2,1-2H3,(H,14,15). The molecule has 1 aromatic heterocycles. The van der Waals surface area contributed by atoms with Gasteiger partial charge in [-0.15, -0.1) is 0 Å². The first-order chi connectivity index (χ1) is 8.29. The number of morpholine rings is 1. The maximum Gasteiger partial charge on any atom is 0.126 e. The zero-order valence-corrected chi connectivity index (χ0v) is 10.6. The summed E-state index contributed by atoms with van der Waals surface area (Å²) in [4.78, 5) is 7.02. The fraction of sp³-hybridized carbons (Fsp3) is 0.615. The first-order valence-electron chi connectivity index (χ1n) is 6.31. The maximum atomic E-state index is 5.44. The van der Waals surface area contributed by atoms with E-state index in [0.717, 1.165) is 44.4 Å². The van der Waals surface area contributed by atoms with Crippen molar-refractivity contribution in [3.05, 3.63) is 23.9 Å². The molecular formula is C13H21N3O. The minimum Gasteiger partial charge on any atom is -0.379 e. The number of nitrogens with one attached hydrogen (secondary N) is 1. The van der Waals surface area contributed by atoms with Gasteiger partial charge < -0.3 is 10.1 Å². The van der Waals surface area contributed by atoms with E-state index in [0.29, 0.717) is 6.04 Å². The predicted octanol–water partition coefficient (Wildman–Crippen LogP) is 1.73. The molecule has 4 nitrogen and oxygen atoms in total. The Hall–Kier alpha value is -1.13. The van der Waals surface area contributed by atoms with Crippen molar-refractivity contribution in [3.63, 3.8) is 0 Å². The largest absolute Gasteiger partial charge is 0.379 e. The molecule has 0 aliphatic carbocycles. The van der Waals surface area contributed by atoms with Gasteiger partial charge in [-0.1, -0.05) is 6.07 Å². The van der Waals surface area contributed by atoms with E-state index >= 15 is 0 Å². The molecule has 94 valence electrons. The molecule has 0 bridgehead atoms. The van der Waals surface area contributed by atoms with Crippen LogP contribution in [0.1, 0.15) is 19.5 Å². The Morgan fingerprint density at radius 1 is 1.53 bits per heavy atom. The van der Waals surface area contributed by atoms with Crippen LogP contribution in [0.15, 0.2) is 18.2 Å². The second-order valence-electron chi connectivity index (χ2n) is 4.44. The van der Waals surface area contributed by atoms with Crippen molar-refractivity contribution in [3.8, 4) is 0 Å². The lowest BCUT2D eigenvalue weighted by molar-refractivity contribution is -0.00488. The Bertz CT molecular complexity index is 356. The molecule has 1 unspecified atom stereocenters. The molecule has 0 saturated carbocycles. The Morgan fingerprint density at radius 2 is 2.41 bits per heavy atom. The van der Waals surface area contributed by atoms with Crippen LogP contribution in [0.25, 0.3) is 0 Å². The molecule has 0 spiro atoms. The molecule has 0 radical (unpaired) electrons. The van der Waals surface area contributed by atoms with Crippen molar-refractivity contribution in [1.82, 2.24) is 9.88 Å². The van der Waals surface area contributed by atoms with Gasteiger partial charge >= 0.3 is 0 Å². The molecule has 1 aliphatic heterocycles. The lowest BCUT2D eigenvalue weighted by atomic mass is 10.2. The first-order valence-corrected chi connectivity index (χ1v) is 6.31. The van der Waals surface area contributed by atoms with Gasteiger partial charge in [-0.05, 0) is 26.0 Å². The Morgan fingerprint density at radius 3 is 3.18 bits per heavy atom. The molecule has 1 aromatic rings. The number of hydrogen-bond donors (Lipinski definition) is 1. The van der Waals surface area contributed by atoms with Crippen molar-refractivity contribution in [2.24, 2.45) is 0 Å². The zero-order chi connectivity index (χ0) is 12.1. The summed E-state index contributed by atoms with van der Waals surface area (Å²) in [6.07, 6.45) is 0. The molecule has 1 N–H and O–H groups in total. The maximum absolute atomic E-state index is 5.44. The normalized spacial score (nSPS) is 21.4. The predicted molar refractivity (Wildman–Crippen MR) is 69.1 cm³/mol. The van der Waals surface area contributed by atoms with Crippen molar-refractivity contribution in [2.45, 2.75) is 26.4 Å². The van der Waals surface area contributed by atoms with Crippen molar-refractivity contribution < 1.29 is 4.74 Å². The third-order valence-corrected chi connectivity index (χ3v) is 3.03. The Labute approximate surface area is 103 Å². The summed E-state index contributed by atoms with van der Waals surface area (Å²) in [5.74, 6) is 0.964. The van der Waals surface area contributed by atoms with Crippen LogP contribution >= 0.6 is 0 Å². The van der Waals surface area contributed by atoms with E-state index in [1.54, 1.807) is 0 Å². The highest BCUT2D eigenvalue weighted by Gasteiger charge is 2.19. The summed E-state index contributed by atoms with van der Waals surface area (Å²) >= 11 is 0. The Balaban J connectivity index is 1.99. The molecule has 17 heavy (non-hydrogen) atoms. The fourth-order valence-electron chi connectivity index (χ4n) is 2.05. The molecule has 2 rings (SSSR count). The van der Waals surface area contributed by atoms with Crippen LogP contribution in [0, 0.1) is 0 Å². The van der Waals surface area contributed by atoms with Crippen LogP contribution in [0.2, 0.25) is 0 Å². The smallest absolute Gasteiger partial charge is 0.126 e. The number of rotatable bonds is 4. The number of pyridine rings is 1. The average molecular weight is 235 g/mol. The lowest BCUT2D eigenvalue weighted by Crippen LogP contribution is -2.43. The van der Waals surface area contributed by atoms with Crippen LogP contribution in [-0.4, -0.2) is 42.2 Å². The summed E-state index contributed by atoms with van der Waals surface area (Å²) in [6, 6.07) is 6.64. The highest BCUT2D eigenvalue weighted by molar-refractivity contribution is 5.34. The van der Waals surface area contributed by atoms with Gasteiger partial charge in [-0.2, -0.15) is 0 Å². The summed E-state index contributed by atoms with van der Waals surface area (Å²) in [7, 11) is 0. The van der Waals surface area contributed by atoms with Crippen molar-refractivity contribution in [2.75, 3.05) is 31.6 Å². The quantitative estimate of drug-likeness (QED) is 0.862. The van der Waals surface area contributed by atoms with Gasteiger partial charge in [0.05, 0.1) is 18.9 Å². The molecule has 1 atom stereocenters. The summed E-state index contributed by atoms with van der Waals surface area (Å²) in [5, 5.41) is 3.24.